The quantitative estimate of drug-likeness (QED) is 0.225. The second-order valence-electron chi connectivity index (χ2n) is 5.88. The summed E-state index contributed by atoms with van der Waals surface area (Å²) in [6, 6.07) is 17.6. The molecule has 0 spiro atoms. The predicted molar refractivity (Wildman–Crippen MR) is 125 cm³/mol. The van der Waals surface area contributed by atoms with Crippen molar-refractivity contribution in [2.24, 2.45) is 10.7 Å². The number of carbonyl (C=O) groups is 1. The van der Waals surface area contributed by atoms with E-state index in [2.05, 4.69) is 46.8 Å². The number of amides is 1. The van der Waals surface area contributed by atoms with Crippen LogP contribution in [0.15, 0.2) is 64.5 Å². The number of thioether (sulfide) groups is 1. The van der Waals surface area contributed by atoms with Gasteiger partial charge in [0, 0.05) is 28.8 Å². The van der Waals surface area contributed by atoms with Gasteiger partial charge in [-0.1, -0.05) is 37.3 Å². The Labute approximate surface area is 182 Å². The highest BCUT2D eigenvalue weighted by atomic mass is 127. The Balaban J connectivity index is 0.00000364. The normalized spacial score (nSPS) is 12.0. The van der Waals surface area contributed by atoms with Gasteiger partial charge in [0.1, 0.15) is 0 Å². The minimum absolute atomic E-state index is 0. The van der Waals surface area contributed by atoms with E-state index in [0.29, 0.717) is 17.4 Å². The molecule has 0 saturated heterocycles. The predicted octanol–water partition coefficient (Wildman–Crippen LogP) is 3.64. The molecule has 2 aromatic rings. The Hall–Kier alpha value is -1.74. The smallest absolute Gasteiger partial charge is 0.248 e. The minimum atomic E-state index is -0.417. The van der Waals surface area contributed by atoms with Crippen LogP contribution < -0.4 is 16.4 Å². The molecule has 146 valence electrons. The number of rotatable bonds is 8. The Kier molecular flexibility index (Phi) is 10.9. The van der Waals surface area contributed by atoms with Crippen LogP contribution in [0.4, 0.5) is 0 Å². The second-order valence-corrected chi connectivity index (χ2v) is 7.39. The molecule has 4 N–H and O–H groups in total. The number of primary amides is 1. The van der Waals surface area contributed by atoms with Gasteiger partial charge in [-0.3, -0.25) is 4.79 Å². The molecule has 0 aliphatic rings. The van der Waals surface area contributed by atoms with Crippen LogP contribution in [0, 0.1) is 0 Å². The average molecular weight is 498 g/mol. The fourth-order valence-electron chi connectivity index (χ4n) is 2.30. The summed E-state index contributed by atoms with van der Waals surface area (Å²) in [5.41, 5.74) is 6.80. The third-order valence-corrected chi connectivity index (χ3v) is 4.75. The number of nitrogens with one attached hydrogen (secondary N) is 2. The monoisotopic (exact) mass is 498 g/mol. The number of benzene rings is 2. The molecule has 27 heavy (non-hydrogen) atoms. The van der Waals surface area contributed by atoms with Gasteiger partial charge in [-0.25, -0.2) is 4.99 Å². The van der Waals surface area contributed by atoms with Gasteiger partial charge in [-0.2, -0.15) is 0 Å². The van der Waals surface area contributed by atoms with Gasteiger partial charge in [0.25, 0.3) is 0 Å². The van der Waals surface area contributed by atoms with E-state index >= 15 is 0 Å². The van der Waals surface area contributed by atoms with E-state index in [1.165, 1.54) is 4.90 Å². The lowest BCUT2D eigenvalue weighted by atomic mass is 10.1. The molecule has 0 bridgehead atoms. The molecule has 0 fully saturated rings. The van der Waals surface area contributed by atoms with Gasteiger partial charge >= 0.3 is 0 Å². The molecule has 7 heteroatoms. The van der Waals surface area contributed by atoms with Crippen LogP contribution in [0.5, 0.6) is 0 Å². The lowest BCUT2D eigenvalue weighted by Crippen LogP contribution is -2.40. The first kappa shape index (κ1) is 23.3. The highest BCUT2D eigenvalue weighted by molar-refractivity contribution is 14.0. The van der Waals surface area contributed by atoms with E-state index in [9.17, 15) is 4.79 Å². The van der Waals surface area contributed by atoms with Gasteiger partial charge in [0.2, 0.25) is 5.91 Å². The first-order chi connectivity index (χ1) is 12.6. The Morgan fingerprint density at radius 2 is 1.78 bits per heavy atom. The number of nitrogens with zero attached hydrogens (tertiary/aromatic N) is 1. The Morgan fingerprint density at radius 1 is 1.11 bits per heavy atom. The van der Waals surface area contributed by atoms with Crippen LogP contribution in [0.1, 0.15) is 29.8 Å². The summed E-state index contributed by atoms with van der Waals surface area (Å²) in [6.07, 6.45) is 0. The molecule has 5 nitrogen and oxygen atoms in total. The number of guanidine groups is 1. The zero-order valence-corrected chi connectivity index (χ0v) is 18.8. The van der Waals surface area contributed by atoms with Crippen molar-refractivity contribution < 1.29 is 4.79 Å². The maximum atomic E-state index is 11.1. The first-order valence-electron chi connectivity index (χ1n) is 8.71. The lowest BCUT2D eigenvalue weighted by molar-refractivity contribution is 0.100. The fourth-order valence-corrected chi connectivity index (χ4v) is 3.25. The molecular formula is C20H27IN4OS. The molecule has 0 aromatic heterocycles. The van der Waals surface area contributed by atoms with Gasteiger partial charge in [0.05, 0.1) is 6.54 Å². The topological polar surface area (TPSA) is 79.5 Å². The van der Waals surface area contributed by atoms with Gasteiger partial charge in [-0.15, -0.1) is 35.7 Å². The fraction of sp³-hybridized carbons (Fsp3) is 0.300. The zero-order valence-electron chi connectivity index (χ0n) is 15.6. The Morgan fingerprint density at radius 3 is 2.37 bits per heavy atom. The highest BCUT2D eigenvalue weighted by Crippen LogP contribution is 2.21. The summed E-state index contributed by atoms with van der Waals surface area (Å²) >= 11 is 1.83. The number of hydrogen-bond acceptors (Lipinski definition) is 3. The Bertz CT molecular complexity index is 723. The van der Waals surface area contributed by atoms with E-state index in [0.717, 1.165) is 24.6 Å². The summed E-state index contributed by atoms with van der Waals surface area (Å²) in [4.78, 5) is 17.0. The lowest BCUT2D eigenvalue weighted by Gasteiger charge is -2.15. The zero-order chi connectivity index (χ0) is 18.8. The van der Waals surface area contributed by atoms with Crippen LogP contribution in [0.2, 0.25) is 0 Å². The molecule has 0 radical (unpaired) electrons. The van der Waals surface area contributed by atoms with Crippen molar-refractivity contribution in [1.82, 2.24) is 10.6 Å². The van der Waals surface area contributed by atoms with E-state index in [1.54, 1.807) is 12.1 Å². The maximum absolute atomic E-state index is 11.1. The maximum Gasteiger partial charge on any atom is 0.248 e. The van der Waals surface area contributed by atoms with Crippen LogP contribution in [-0.2, 0) is 6.54 Å². The van der Waals surface area contributed by atoms with Crippen LogP contribution >= 0.6 is 35.7 Å². The molecule has 0 heterocycles. The van der Waals surface area contributed by atoms with Crippen molar-refractivity contribution in [2.75, 3.05) is 13.1 Å². The molecule has 1 unspecified atom stereocenters. The third-order valence-electron chi connectivity index (χ3n) is 3.64. The number of hydrogen-bond donors (Lipinski definition) is 3. The summed E-state index contributed by atoms with van der Waals surface area (Å²) < 4.78 is 0. The van der Waals surface area contributed by atoms with E-state index in [4.69, 9.17) is 5.73 Å². The average Bonchev–Trinajstić information content (AvgIpc) is 2.65. The molecule has 0 aliphatic heterocycles. The first-order valence-corrected chi connectivity index (χ1v) is 9.59. The molecule has 2 rings (SSSR count). The van der Waals surface area contributed by atoms with E-state index in [1.807, 2.05) is 36.9 Å². The van der Waals surface area contributed by atoms with Crippen molar-refractivity contribution in [3.8, 4) is 0 Å². The number of halogens is 1. The largest absolute Gasteiger partial charge is 0.366 e. The van der Waals surface area contributed by atoms with Gasteiger partial charge in [0.15, 0.2) is 5.96 Å². The summed E-state index contributed by atoms with van der Waals surface area (Å²) in [5.74, 6) is 0.368. The molecule has 2 aromatic carbocycles. The van der Waals surface area contributed by atoms with Crippen LogP contribution in [0.3, 0.4) is 0 Å². The number of carbonyl (C=O) groups excluding carboxylic acids is 1. The minimum Gasteiger partial charge on any atom is -0.366 e. The molecule has 0 saturated carbocycles. The van der Waals surface area contributed by atoms with Crippen molar-refractivity contribution in [2.45, 2.75) is 30.5 Å². The summed E-state index contributed by atoms with van der Waals surface area (Å²) in [6.45, 7) is 6.38. The summed E-state index contributed by atoms with van der Waals surface area (Å²) in [5, 5.41) is 7.05. The van der Waals surface area contributed by atoms with Crippen molar-refractivity contribution in [1.29, 1.82) is 0 Å². The van der Waals surface area contributed by atoms with E-state index in [-0.39, 0.29) is 24.0 Å². The molecular weight excluding hydrogens is 471 g/mol. The standard InChI is InChI=1S/C20H26N4OS.HI/c1-3-22-20(23-13-15(2)26-18-7-5-4-6-8-18)24-14-16-9-11-17(12-10-16)19(21)25;/h4-12,15H,3,13-14H2,1-2H3,(H2,21,25)(H2,22,23,24);1H. The molecule has 1 amide bonds. The van der Waals surface area contributed by atoms with Gasteiger partial charge in [-0.05, 0) is 36.8 Å². The van der Waals surface area contributed by atoms with Crippen LogP contribution in [-0.4, -0.2) is 30.2 Å². The molecule has 0 aliphatic carbocycles. The molecule has 1 atom stereocenters. The number of nitrogens with two attached hydrogens (primary N) is 1. The highest BCUT2D eigenvalue weighted by Gasteiger charge is 2.06. The van der Waals surface area contributed by atoms with E-state index < -0.39 is 5.91 Å². The summed E-state index contributed by atoms with van der Waals surface area (Å²) in [7, 11) is 0. The number of aliphatic imine (C=N–C) groups is 1. The van der Waals surface area contributed by atoms with Crippen molar-refractivity contribution >= 4 is 47.6 Å². The SMILES string of the molecule is CCNC(=NCc1ccc(C(N)=O)cc1)NCC(C)Sc1ccccc1.I. The second kappa shape index (κ2) is 12.6. The van der Waals surface area contributed by atoms with Crippen molar-refractivity contribution in [3.05, 3.63) is 65.7 Å². The van der Waals surface area contributed by atoms with Crippen molar-refractivity contribution in [3.63, 3.8) is 0 Å². The van der Waals surface area contributed by atoms with Crippen LogP contribution in [0.25, 0.3) is 0 Å². The third kappa shape index (κ3) is 8.66. The van der Waals surface area contributed by atoms with Gasteiger partial charge < -0.3 is 16.4 Å².